The summed E-state index contributed by atoms with van der Waals surface area (Å²) in [4.78, 5) is 21.9. The number of carbonyl (C=O) groups is 1. The van der Waals surface area contributed by atoms with Gasteiger partial charge in [0.2, 0.25) is 12.7 Å². The third kappa shape index (κ3) is 7.97. The molecular formula is C32H41Cl2N3O4. The maximum Gasteiger partial charge on any atom is 0.314 e. The van der Waals surface area contributed by atoms with Gasteiger partial charge in [-0.1, -0.05) is 50.0 Å². The van der Waals surface area contributed by atoms with E-state index in [1.54, 1.807) is 6.07 Å². The van der Waals surface area contributed by atoms with Crippen molar-refractivity contribution in [1.82, 2.24) is 9.88 Å². The maximum atomic E-state index is 12.5. The van der Waals surface area contributed by atoms with Crippen molar-refractivity contribution in [2.45, 2.75) is 47.5 Å². The molecule has 7 nitrogen and oxygen atoms in total. The highest BCUT2D eigenvalue weighted by Crippen LogP contribution is 2.39. The Morgan fingerprint density at radius 2 is 1.66 bits per heavy atom. The van der Waals surface area contributed by atoms with E-state index in [0.717, 1.165) is 67.9 Å². The molecule has 0 aliphatic carbocycles. The van der Waals surface area contributed by atoms with Crippen LogP contribution in [0.15, 0.2) is 48.5 Å². The summed E-state index contributed by atoms with van der Waals surface area (Å²) < 4.78 is 17.0. The van der Waals surface area contributed by atoms with Crippen molar-refractivity contribution < 1.29 is 19.0 Å². The van der Waals surface area contributed by atoms with Crippen molar-refractivity contribution in [2.75, 3.05) is 51.0 Å². The van der Waals surface area contributed by atoms with Gasteiger partial charge < -0.3 is 19.1 Å². The van der Waals surface area contributed by atoms with Gasteiger partial charge >= 0.3 is 5.97 Å². The standard InChI is InChI=1S/C32H41Cl2N3O4/c1-31(2,3)32(4,5)30(38)41-22-40-28-14-12-23-11-13-24(21-26(23)35-28)39-20-7-6-15-36-16-18-37(19-17-36)27-10-8-9-25(33)29(27)34/h8-14,21H,6-7,15-20,22H2,1-5H3. The van der Waals surface area contributed by atoms with Gasteiger partial charge in [0, 0.05) is 43.7 Å². The highest BCUT2D eigenvalue weighted by molar-refractivity contribution is 6.43. The van der Waals surface area contributed by atoms with Crippen LogP contribution in [0, 0.1) is 10.8 Å². The molecule has 9 heteroatoms. The average molecular weight is 603 g/mol. The number of esters is 1. The molecule has 1 aliphatic heterocycles. The van der Waals surface area contributed by atoms with Gasteiger partial charge in [-0.25, -0.2) is 4.98 Å². The van der Waals surface area contributed by atoms with E-state index in [9.17, 15) is 4.79 Å². The Bertz CT molecular complexity index is 1330. The van der Waals surface area contributed by atoms with Gasteiger partial charge in [-0.15, -0.1) is 0 Å². The number of rotatable bonds is 11. The van der Waals surface area contributed by atoms with Crippen molar-refractivity contribution in [1.29, 1.82) is 0 Å². The Balaban J connectivity index is 1.18. The predicted molar refractivity (Wildman–Crippen MR) is 166 cm³/mol. The first-order chi connectivity index (χ1) is 19.5. The molecule has 0 saturated carbocycles. The molecular weight excluding hydrogens is 561 g/mol. The largest absolute Gasteiger partial charge is 0.494 e. The number of nitrogens with zero attached hydrogens (tertiary/aromatic N) is 3. The third-order valence-corrected chi connectivity index (χ3v) is 9.01. The van der Waals surface area contributed by atoms with Crippen molar-refractivity contribution >= 4 is 45.8 Å². The van der Waals surface area contributed by atoms with Crippen molar-refractivity contribution in [3.8, 4) is 11.6 Å². The highest BCUT2D eigenvalue weighted by atomic mass is 35.5. The molecule has 0 bridgehead atoms. The molecule has 1 aliphatic rings. The second kappa shape index (κ2) is 13.5. The second-order valence-corrected chi connectivity index (χ2v) is 12.8. The average Bonchev–Trinajstić information content (AvgIpc) is 2.94. The monoisotopic (exact) mass is 601 g/mol. The number of benzene rings is 2. The summed E-state index contributed by atoms with van der Waals surface area (Å²) in [6.07, 6.45) is 2.03. The molecule has 2 aromatic carbocycles. The zero-order valence-corrected chi connectivity index (χ0v) is 26.2. The number of hydrogen-bond donors (Lipinski definition) is 0. The normalized spacial score (nSPS) is 14.8. The van der Waals surface area contributed by atoms with Crippen molar-refractivity contribution in [3.05, 3.63) is 58.6 Å². The lowest BCUT2D eigenvalue weighted by atomic mass is 9.69. The Hall–Kier alpha value is -2.74. The van der Waals surface area contributed by atoms with Gasteiger partial charge in [0.05, 0.1) is 33.3 Å². The van der Waals surface area contributed by atoms with Gasteiger partial charge in [-0.3, -0.25) is 9.69 Å². The summed E-state index contributed by atoms with van der Waals surface area (Å²) in [5.74, 6) is 0.868. The van der Waals surface area contributed by atoms with Crippen LogP contribution in [0.5, 0.6) is 11.6 Å². The van der Waals surface area contributed by atoms with Gasteiger partial charge in [-0.05, 0) is 69.0 Å². The molecule has 0 atom stereocenters. The number of halogens is 2. The summed E-state index contributed by atoms with van der Waals surface area (Å²) >= 11 is 12.6. The molecule has 1 aromatic heterocycles. The zero-order chi connectivity index (χ0) is 29.6. The Kier molecular flexibility index (Phi) is 10.3. The number of ether oxygens (including phenoxy) is 3. The van der Waals surface area contributed by atoms with E-state index in [1.807, 2.05) is 77.1 Å². The molecule has 0 amide bonds. The molecule has 222 valence electrons. The molecule has 0 radical (unpaired) electrons. The Morgan fingerprint density at radius 3 is 2.39 bits per heavy atom. The lowest BCUT2D eigenvalue weighted by Crippen LogP contribution is -2.46. The number of piperazine rings is 1. The number of aromatic nitrogens is 1. The highest BCUT2D eigenvalue weighted by Gasteiger charge is 2.41. The van der Waals surface area contributed by atoms with Crippen LogP contribution in [0.3, 0.4) is 0 Å². The van der Waals surface area contributed by atoms with E-state index < -0.39 is 5.41 Å². The molecule has 0 N–H and O–H groups in total. The number of unbranched alkanes of at least 4 members (excludes halogenated alkanes) is 1. The van der Waals surface area contributed by atoms with E-state index in [1.165, 1.54) is 0 Å². The smallest absolute Gasteiger partial charge is 0.314 e. The molecule has 1 saturated heterocycles. The number of anilines is 1. The number of carbonyl (C=O) groups excluding carboxylic acids is 1. The van der Waals surface area contributed by atoms with Crippen LogP contribution in [0.1, 0.15) is 47.5 Å². The van der Waals surface area contributed by atoms with E-state index in [0.29, 0.717) is 22.5 Å². The molecule has 0 spiro atoms. The maximum absolute atomic E-state index is 12.5. The minimum Gasteiger partial charge on any atom is -0.494 e. The van der Waals surface area contributed by atoms with Crippen molar-refractivity contribution in [2.24, 2.45) is 10.8 Å². The lowest BCUT2D eigenvalue weighted by molar-refractivity contribution is -0.167. The minimum atomic E-state index is -0.638. The Morgan fingerprint density at radius 1 is 0.927 bits per heavy atom. The SMILES string of the molecule is CC(C)(C)C(C)(C)C(=O)OCOc1ccc2ccc(OCCCCN3CCN(c4cccc(Cl)c4Cl)CC3)cc2n1. The van der Waals surface area contributed by atoms with Gasteiger partial charge in [0.15, 0.2) is 0 Å². The summed E-state index contributed by atoms with van der Waals surface area (Å²) in [6.45, 7) is 15.2. The van der Waals surface area contributed by atoms with Gasteiger partial charge in [0.1, 0.15) is 5.75 Å². The van der Waals surface area contributed by atoms with Crippen LogP contribution in [-0.2, 0) is 9.53 Å². The summed E-state index contributed by atoms with van der Waals surface area (Å²) in [6, 6.07) is 15.4. The second-order valence-electron chi connectivity index (χ2n) is 12.0. The molecule has 41 heavy (non-hydrogen) atoms. The molecule has 3 aromatic rings. The van der Waals surface area contributed by atoms with E-state index >= 15 is 0 Å². The fourth-order valence-electron chi connectivity index (χ4n) is 4.45. The predicted octanol–water partition coefficient (Wildman–Crippen LogP) is 7.47. The molecule has 4 rings (SSSR count). The van der Waals surface area contributed by atoms with Crippen LogP contribution < -0.4 is 14.4 Å². The summed E-state index contributed by atoms with van der Waals surface area (Å²) in [7, 11) is 0. The topological polar surface area (TPSA) is 64.1 Å². The molecule has 0 unspecified atom stereocenters. The first kappa shape index (κ1) is 31.2. The zero-order valence-electron chi connectivity index (χ0n) is 24.7. The Labute approximate surface area is 253 Å². The van der Waals surface area contributed by atoms with Crippen LogP contribution in [0.2, 0.25) is 10.0 Å². The first-order valence-electron chi connectivity index (χ1n) is 14.2. The first-order valence-corrected chi connectivity index (χ1v) is 15.0. The van der Waals surface area contributed by atoms with Gasteiger partial charge in [-0.2, -0.15) is 0 Å². The number of fused-ring (bicyclic) bond motifs is 1. The summed E-state index contributed by atoms with van der Waals surface area (Å²) in [5.41, 5.74) is 0.907. The van der Waals surface area contributed by atoms with Crippen LogP contribution in [0.4, 0.5) is 5.69 Å². The fourth-order valence-corrected chi connectivity index (χ4v) is 4.87. The minimum absolute atomic E-state index is 0.184. The van der Waals surface area contributed by atoms with E-state index in [-0.39, 0.29) is 18.2 Å². The van der Waals surface area contributed by atoms with E-state index in [2.05, 4.69) is 14.8 Å². The fraction of sp³-hybridized carbons (Fsp3) is 0.500. The quantitative estimate of drug-likeness (QED) is 0.128. The van der Waals surface area contributed by atoms with Gasteiger partial charge in [0.25, 0.3) is 0 Å². The molecule has 1 fully saturated rings. The third-order valence-electron chi connectivity index (χ3n) is 8.20. The van der Waals surface area contributed by atoms with E-state index in [4.69, 9.17) is 37.4 Å². The summed E-state index contributed by atoms with van der Waals surface area (Å²) in [5, 5.41) is 2.21. The molecule has 2 heterocycles. The number of pyridine rings is 1. The van der Waals surface area contributed by atoms with Crippen LogP contribution >= 0.6 is 23.2 Å². The van der Waals surface area contributed by atoms with Crippen molar-refractivity contribution in [3.63, 3.8) is 0 Å². The number of hydrogen-bond acceptors (Lipinski definition) is 7. The van der Waals surface area contributed by atoms with Crippen LogP contribution in [-0.4, -0.2) is 62.0 Å². The lowest BCUT2D eigenvalue weighted by Gasteiger charge is -2.36. The van der Waals surface area contributed by atoms with Crippen LogP contribution in [0.25, 0.3) is 10.9 Å².